The third-order valence-electron chi connectivity index (χ3n) is 3.61. The highest BCUT2D eigenvalue weighted by Crippen LogP contribution is 2.12. The molecular weight excluding hydrogens is 386 g/mol. The van der Waals surface area contributed by atoms with Gasteiger partial charge in [0.1, 0.15) is 17.9 Å². The monoisotopic (exact) mass is 413 g/mol. The van der Waals surface area contributed by atoms with E-state index in [1.165, 1.54) is 0 Å². The minimum Gasteiger partial charge on any atom is -0.484 e. The summed E-state index contributed by atoms with van der Waals surface area (Å²) >= 11 is 0. The molecule has 3 N–H and O–H groups in total. The van der Waals surface area contributed by atoms with Crippen LogP contribution in [0.2, 0.25) is 0 Å². The van der Waals surface area contributed by atoms with Crippen molar-refractivity contribution in [2.45, 2.75) is 32.9 Å². The van der Waals surface area contributed by atoms with Gasteiger partial charge in [0.15, 0.2) is 6.61 Å². The third-order valence-corrected chi connectivity index (χ3v) is 3.61. The third kappa shape index (κ3) is 9.09. The molecule has 2 aromatic rings. The van der Waals surface area contributed by atoms with E-state index >= 15 is 0 Å². The van der Waals surface area contributed by atoms with Crippen LogP contribution in [0, 0.1) is 0 Å². The fourth-order valence-corrected chi connectivity index (χ4v) is 2.35. The van der Waals surface area contributed by atoms with Crippen molar-refractivity contribution in [1.29, 1.82) is 0 Å². The van der Waals surface area contributed by atoms with Crippen LogP contribution in [0.25, 0.3) is 0 Å². The lowest BCUT2D eigenvalue weighted by Gasteiger charge is -2.19. The van der Waals surface area contributed by atoms with E-state index in [-0.39, 0.29) is 31.5 Å². The maximum absolute atomic E-state index is 12.1. The maximum Gasteiger partial charge on any atom is 0.408 e. The first-order valence-corrected chi connectivity index (χ1v) is 9.51. The molecule has 0 unspecified atom stereocenters. The van der Waals surface area contributed by atoms with Gasteiger partial charge in [-0.05, 0) is 50.6 Å². The number of benzene rings is 2. The highest BCUT2D eigenvalue weighted by molar-refractivity contribution is 5.92. The van der Waals surface area contributed by atoms with E-state index in [1.807, 2.05) is 24.3 Å². The molecule has 160 valence electrons. The molecule has 0 atom stereocenters. The molecule has 0 aliphatic heterocycles. The van der Waals surface area contributed by atoms with Gasteiger partial charge in [-0.25, -0.2) is 4.79 Å². The number of ether oxygens (including phenoxy) is 2. The van der Waals surface area contributed by atoms with Crippen LogP contribution >= 0.6 is 0 Å². The van der Waals surface area contributed by atoms with Crippen LogP contribution in [0.1, 0.15) is 26.3 Å². The van der Waals surface area contributed by atoms with Gasteiger partial charge in [0.05, 0.1) is 0 Å². The Morgan fingerprint density at radius 3 is 2.33 bits per heavy atom. The molecule has 3 amide bonds. The van der Waals surface area contributed by atoms with Crippen molar-refractivity contribution in [2.24, 2.45) is 0 Å². The Labute approximate surface area is 175 Å². The van der Waals surface area contributed by atoms with Crippen LogP contribution < -0.4 is 20.7 Å². The zero-order chi connectivity index (χ0) is 22.0. The summed E-state index contributed by atoms with van der Waals surface area (Å²) in [6, 6.07) is 16.2. The number of nitrogens with one attached hydrogen (secondary N) is 3. The highest BCUT2D eigenvalue weighted by atomic mass is 16.6. The second-order valence-electron chi connectivity index (χ2n) is 7.48. The molecule has 0 bridgehead atoms. The summed E-state index contributed by atoms with van der Waals surface area (Å²) in [7, 11) is 0. The Balaban J connectivity index is 1.74. The molecular formula is C22H27N3O5. The number of alkyl carbamates (subject to hydrolysis) is 1. The van der Waals surface area contributed by atoms with Crippen LogP contribution in [0.4, 0.5) is 10.5 Å². The van der Waals surface area contributed by atoms with Crippen LogP contribution in [0.3, 0.4) is 0 Å². The number of carbonyl (C=O) groups excluding carboxylic acids is 3. The summed E-state index contributed by atoms with van der Waals surface area (Å²) in [5.74, 6) is -0.0303. The standard InChI is InChI=1S/C22H27N3O5/c1-22(2,3)30-21(28)24-14-19(26)23-13-16-8-7-9-17(12-16)25-20(27)15-29-18-10-5-4-6-11-18/h4-12H,13-15H2,1-3H3,(H,23,26)(H,24,28)(H,25,27). The Morgan fingerprint density at radius 2 is 1.63 bits per heavy atom. The van der Waals surface area contributed by atoms with Gasteiger partial charge >= 0.3 is 6.09 Å². The van der Waals surface area contributed by atoms with Crippen LogP contribution in [-0.4, -0.2) is 36.7 Å². The molecule has 0 fully saturated rings. The van der Waals surface area contributed by atoms with Gasteiger partial charge in [-0.1, -0.05) is 30.3 Å². The molecule has 2 aromatic carbocycles. The Kier molecular flexibility index (Phi) is 8.22. The van der Waals surface area contributed by atoms with Crippen LogP contribution in [0.5, 0.6) is 5.75 Å². The van der Waals surface area contributed by atoms with E-state index in [2.05, 4.69) is 16.0 Å². The number of para-hydroxylation sites is 1. The van der Waals surface area contributed by atoms with Gasteiger partial charge in [-0.15, -0.1) is 0 Å². The summed E-state index contributed by atoms with van der Waals surface area (Å²) in [6.07, 6.45) is -0.653. The zero-order valence-electron chi connectivity index (χ0n) is 17.4. The molecule has 8 heteroatoms. The molecule has 0 saturated carbocycles. The Hall–Kier alpha value is -3.55. The van der Waals surface area contributed by atoms with Gasteiger partial charge < -0.3 is 25.4 Å². The molecule has 0 aromatic heterocycles. The summed E-state index contributed by atoms with van der Waals surface area (Å²) in [5, 5.41) is 7.85. The van der Waals surface area contributed by atoms with Gasteiger partial charge in [0, 0.05) is 12.2 Å². The zero-order valence-corrected chi connectivity index (χ0v) is 17.4. The van der Waals surface area contributed by atoms with Crippen LogP contribution in [-0.2, 0) is 20.9 Å². The molecule has 2 rings (SSSR count). The molecule has 8 nitrogen and oxygen atoms in total. The van der Waals surface area contributed by atoms with E-state index in [1.54, 1.807) is 51.1 Å². The number of anilines is 1. The van der Waals surface area contributed by atoms with Crippen molar-refractivity contribution >= 4 is 23.6 Å². The lowest BCUT2D eigenvalue weighted by molar-refractivity contribution is -0.120. The number of hydrogen-bond donors (Lipinski definition) is 3. The van der Waals surface area contributed by atoms with Gasteiger partial charge in [0.25, 0.3) is 5.91 Å². The number of amides is 3. The molecule has 0 spiro atoms. The minimum atomic E-state index is -0.653. The maximum atomic E-state index is 12.1. The summed E-state index contributed by atoms with van der Waals surface area (Å²) < 4.78 is 10.5. The highest BCUT2D eigenvalue weighted by Gasteiger charge is 2.16. The average molecular weight is 413 g/mol. The topological polar surface area (TPSA) is 106 Å². The van der Waals surface area contributed by atoms with E-state index < -0.39 is 11.7 Å². The lowest BCUT2D eigenvalue weighted by Crippen LogP contribution is -2.39. The quantitative estimate of drug-likeness (QED) is 0.617. The first-order chi connectivity index (χ1) is 14.2. The number of rotatable bonds is 8. The van der Waals surface area contributed by atoms with Crippen molar-refractivity contribution in [2.75, 3.05) is 18.5 Å². The summed E-state index contributed by atoms with van der Waals surface area (Å²) in [4.78, 5) is 35.5. The van der Waals surface area contributed by atoms with Gasteiger partial charge in [-0.2, -0.15) is 0 Å². The predicted octanol–water partition coefficient (Wildman–Crippen LogP) is 2.85. The Morgan fingerprint density at radius 1 is 0.900 bits per heavy atom. The van der Waals surface area contributed by atoms with E-state index in [9.17, 15) is 14.4 Å². The largest absolute Gasteiger partial charge is 0.484 e. The average Bonchev–Trinajstić information content (AvgIpc) is 2.69. The van der Waals surface area contributed by atoms with Crippen molar-refractivity contribution in [3.05, 3.63) is 60.2 Å². The van der Waals surface area contributed by atoms with Crippen LogP contribution in [0.15, 0.2) is 54.6 Å². The minimum absolute atomic E-state index is 0.110. The molecule has 0 aliphatic rings. The van der Waals surface area contributed by atoms with Crippen molar-refractivity contribution < 1.29 is 23.9 Å². The molecule has 0 saturated heterocycles. The van der Waals surface area contributed by atoms with Crippen molar-refractivity contribution in [3.8, 4) is 5.75 Å². The lowest BCUT2D eigenvalue weighted by atomic mass is 10.2. The fraction of sp³-hybridized carbons (Fsp3) is 0.318. The molecule has 0 radical (unpaired) electrons. The predicted molar refractivity (Wildman–Crippen MR) is 113 cm³/mol. The molecule has 0 heterocycles. The fourth-order valence-electron chi connectivity index (χ4n) is 2.35. The summed E-state index contributed by atoms with van der Waals surface area (Å²) in [6.45, 7) is 5.17. The smallest absolute Gasteiger partial charge is 0.408 e. The van der Waals surface area contributed by atoms with Crippen molar-refractivity contribution in [3.63, 3.8) is 0 Å². The Bertz CT molecular complexity index is 863. The van der Waals surface area contributed by atoms with E-state index in [0.717, 1.165) is 5.56 Å². The van der Waals surface area contributed by atoms with E-state index in [0.29, 0.717) is 11.4 Å². The number of carbonyl (C=O) groups is 3. The SMILES string of the molecule is CC(C)(C)OC(=O)NCC(=O)NCc1cccc(NC(=O)COc2ccccc2)c1. The first kappa shape index (κ1) is 22.7. The first-order valence-electron chi connectivity index (χ1n) is 9.51. The van der Waals surface area contributed by atoms with Gasteiger partial charge in [0.2, 0.25) is 5.91 Å². The number of hydrogen-bond acceptors (Lipinski definition) is 5. The van der Waals surface area contributed by atoms with Gasteiger partial charge in [-0.3, -0.25) is 9.59 Å². The van der Waals surface area contributed by atoms with E-state index in [4.69, 9.17) is 9.47 Å². The van der Waals surface area contributed by atoms with Crippen molar-refractivity contribution in [1.82, 2.24) is 10.6 Å². The molecule has 0 aliphatic carbocycles. The molecule has 30 heavy (non-hydrogen) atoms. The second-order valence-corrected chi connectivity index (χ2v) is 7.48. The normalized spacial score (nSPS) is 10.6. The second kappa shape index (κ2) is 10.8. The summed E-state index contributed by atoms with van der Waals surface area (Å²) in [5.41, 5.74) is 0.759.